The van der Waals surface area contributed by atoms with Crippen molar-refractivity contribution >= 4 is 11.9 Å². The summed E-state index contributed by atoms with van der Waals surface area (Å²) in [6.07, 6.45) is 2.06. The molecule has 0 aliphatic rings. The molecule has 0 unspecified atom stereocenters. The van der Waals surface area contributed by atoms with Crippen LogP contribution >= 0.6 is 0 Å². The van der Waals surface area contributed by atoms with Crippen molar-refractivity contribution in [2.24, 2.45) is 0 Å². The summed E-state index contributed by atoms with van der Waals surface area (Å²) in [7, 11) is 0. The van der Waals surface area contributed by atoms with E-state index in [2.05, 4.69) is 34.0 Å². The van der Waals surface area contributed by atoms with Gasteiger partial charge in [-0.25, -0.2) is 9.97 Å². The van der Waals surface area contributed by atoms with Crippen molar-refractivity contribution in [3.63, 3.8) is 0 Å². The van der Waals surface area contributed by atoms with Crippen LogP contribution in [0.5, 0.6) is 0 Å². The predicted octanol–water partition coefficient (Wildman–Crippen LogP) is 2.94. The lowest BCUT2D eigenvalue weighted by molar-refractivity contribution is 0.0914. The highest BCUT2D eigenvalue weighted by Crippen LogP contribution is 2.12. The van der Waals surface area contributed by atoms with Crippen LogP contribution in [0.15, 0.2) is 6.07 Å². The molecule has 1 aromatic heterocycles. The van der Waals surface area contributed by atoms with Gasteiger partial charge in [-0.3, -0.25) is 4.79 Å². The monoisotopic (exact) mass is 292 g/mol. The van der Waals surface area contributed by atoms with E-state index >= 15 is 0 Å². The number of anilines is 1. The fourth-order valence-corrected chi connectivity index (χ4v) is 2.07. The molecule has 0 fully saturated rings. The first kappa shape index (κ1) is 17.4. The van der Waals surface area contributed by atoms with Crippen molar-refractivity contribution in [2.75, 3.05) is 18.0 Å². The Balaban J connectivity index is 3.05. The molecule has 1 rings (SSSR count). The highest BCUT2D eigenvalue weighted by Gasteiger charge is 2.18. The summed E-state index contributed by atoms with van der Waals surface area (Å²) in [5.41, 5.74) is 0.976. The molecule has 0 aromatic carbocycles. The molecule has 0 spiro atoms. The molecule has 0 bridgehead atoms. The molecule has 1 heterocycles. The quantitative estimate of drug-likeness (QED) is 0.876. The minimum atomic E-state index is -0.275. The maximum absolute atomic E-state index is 12.3. The largest absolute Gasteiger partial charge is 0.346 e. The van der Waals surface area contributed by atoms with Gasteiger partial charge in [0.05, 0.1) is 0 Å². The predicted molar refractivity (Wildman–Crippen MR) is 86.8 cm³/mol. The SMILES string of the molecule is CCCN(CCC)c1nc(C)cc(C(=O)NC(C)(C)C)n1. The molecule has 5 heteroatoms. The average Bonchev–Trinajstić information content (AvgIpc) is 2.35. The normalized spacial score (nSPS) is 11.3. The van der Waals surface area contributed by atoms with Crippen molar-refractivity contribution in [3.8, 4) is 0 Å². The first-order valence-corrected chi connectivity index (χ1v) is 7.70. The molecule has 0 atom stereocenters. The summed E-state index contributed by atoms with van der Waals surface area (Å²) < 4.78 is 0. The van der Waals surface area contributed by atoms with Gasteiger partial charge in [0.15, 0.2) is 0 Å². The third kappa shape index (κ3) is 5.69. The topological polar surface area (TPSA) is 58.1 Å². The summed E-state index contributed by atoms with van der Waals surface area (Å²) in [6, 6.07) is 1.74. The van der Waals surface area contributed by atoms with E-state index in [0.29, 0.717) is 11.6 Å². The van der Waals surface area contributed by atoms with Crippen LogP contribution in [0, 0.1) is 6.92 Å². The van der Waals surface area contributed by atoms with E-state index in [9.17, 15) is 4.79 Å². The summed E-state index contributed by atoms with van der Waals surface area (Å²) in [5, 5.41) is 2.95. The zero-order valence-corrected chi connectivity index (χ0v) is 14.2. The fraction of sp³-hybridized carbons (Fsp3) is 0.688. The minimum absolute atomic E-state index is 0.151. The highest BCUT2D eigenvalue weighted by atomic mass is 16.2. The van der Waals surface area contributed by atoms with Crippen LogP contribution in [0.4, 0.5) is 5.95 Å². The molecule has 0 radical (unpaired) electrons. The maximum Gasteiger partial charge on any atom is 0.270 e. The van der Waals surface area contributed by atoms with Crippen molar-refractivity contribution < 1.29 is 4.79 Å². The lowest BCUT2D eigenvalue weighted by Gasteiger charge is -2.23. The van der Waals surface area contributed by atoms with Gasteiger partial charge < -0.3 is 10.2 Å². The molecule has 0 saturated carbocycles. The second-order valence-electron chi connectivity index (χ2n) is 6.39. The number of aryl methyl sites for hydroxylation is 1. The van der Waals surface area contributed by atoms with Crippen LogP contribution in [0.25, 0.3) is 0 Å². The van der Waals surface area contributed by atoms with E-state index in [1.807, 2.05) is 27.7 Å². The number of aromatic nitrogens is 2. The average molecular weight is 292 g/mol. The van der Waals surface area contributed by atoms with Crippen LogP contribution in [0.2, 0.25) is 0 Å². The van der Waals surface area contributed by atoms with Crippen LogP contribution < -0.4 is 10.2 Å². The lowest BCUT2D eigenvalue weighted by atomic mass is 10.1. The van der Waals surface area contributed by atoms with Crippen LogP contribution in [0.1, 0.15) is 63.6 Å². The van der Waals surface area contributed by atoms with Crippen molar-refractivity contribution in [1.82, 2.24) is 15.3 Å². The molecule has 1 amide bonds. The fourth-order valence-electron chi connectivity index (χ4n) is 2.07. The third-order valence-electron chi connectivity index (χ3n) is 2.83. The smallest absolute Gasteiger partial charge is 0.270 e. The molecular formula is C16H28N4O. The Bertz CT molecular complexity index is 474. The Morgan fingerprint density at radius 2 is 1.76 bits per heavy atom. The highest BCUT2D eigenvalue weighted by molar-refractivity contribution is 5.93. The summed E-state index contributed by atoms with van der Waals surface area (Å²) in [6.45, 7) is 13.8. The maximum atomic E-state index is 12.3. The molecule has 0 aliphatic heterocycles. The second-order valence-corrected chi connectivity index (χ2v) is 6.39. The van der Waals surface area contributed by atoms with Crippen LogP contribution in [-0.2, 0) is 0 Å². The number of hydrogen-bond donors (Lipinski definition) is 1. The first-order chi connectivity index (χ1) is 9.76. The number of nitrogens with zero attached hydrogens (tertiary/aromatic N) is 3. The minimum Gasteiger partial charge on any atom is -0.346 e. The Morgan fingerprint density at radius 1 is 1.19 bits per heavy atom. The Hall–Kier alpha value is -1.65. The lowest BCUT2D eigenvalue weighted by Crippen LogP contribution is -2.41. The second kappa shape index (κ2) is 7.38. The molecule has 0 aliphatic carbocycles. The van der Waals surface area contributed by atoms with E-state index in [4.69, 9.17) is 0 Å². The van der Waals surface area contributed by atoms with Gasteiger partial charge in [0.2, 0.25) is 5.95 Å². The first-order valence-electron chi connectivity index (χ1n) is 7.70. The van der Waals surface area contributed by atoms with Crippen molar-refractivity contribution in [3.05, 3.63) is 17.5 Å². The Morgan fingerprint density at radius 3 is 2.24 bits per heavy atom. The zero-order valence-electron chi connectivity index (χ0n) is 14.2. The van der Waals surface area contributed by atoms with Gasteiger partial charge in [0.25, 0.3) is 5.91 Å². The van der Waals surface area contributed by atoms with Crippen LogP contribution in [0.3, 0.4) is 0 Å². The number of carbonyl (C=O) groups excluding carboxylic acids is 1. The summed E-state index contributed by atoms with van der Waals surface area (Å²) >= 11 is 0. The van der Waals surface area contributed by atoms with E-state index in [1.165, 1.54) is 0 Å². The zero-order chi connectivity index (χ0) is 16.0. The molecule has 1 aromatic rings. The molecular weight excluding hydrogens is 264 g/mol. The van der Waals surface area contributed by atoms with Gasteiger partial charge in [0, 0.05) is 24.3 Å². The van der Waals surface area contributed by atoms with E-state index < -0.39 is 0 Å². The van der Waals surface area contributed by atoms with Gasteiger partial charge in [-0.2, -0.15) is 0 Å². The van der Waals surface area contributed by atoms with Gasteiger partial charge >= 0.3 is 0 Å². The number of nitrogens with one attached hydrogen (secondary N) is 1. The number of amides is 1. The van der Waals surface area contributed by atoms with Gasteiger partial charge in [-0.1, -0.05) is 13.8 Å². The number of rotatable bonds is 6. The third-order valence-corrected chi connectivity index (χ3v) is 2.83. The summed E-state index contributed by atoms with van der Waals surface area (Å²) in [4.78, 5) is 23.4. The number of hydrogen-bond acceptors (Lipinski definition) is 4. The summed E-state index contributed by atoms with van der Waals surface area (Å²) in [5.74, 6) is 0.500. The van der Waals surface area contributed by atoms with Gasteiger partial charge in [-0.05, 0) is 46.6 Å². The standard InChI is InChI=1S/C16H28N4O/c1-7-9-20(10-8-2)15-17-12(3)11-13(18-15)14(21)19-16(4,5)6/h11H,7-10H2,1-6H3,(H,19,21). The van der Waals surface area contributed by atoms with Gasteiger partial charge in [-0.15, -0.1) is 0 Å². The molecule has 1 N–H and O–H groups in total. The Kier molecular flexibility index (Phi) is 6.12. The molecule has 5 nitrogen and oxygen atoms in total. The molecule has 118 valence electrons. The number of carbonyl (C=O) groups is 1. The van der Waals surface area contributed by atoms with Gasteiger partial charge in [0.1, 0.15) is 5.69 Å². The molecule has 0 saturated heterocycles. The van der Waals surface area contributed by atoms with Crippen molar-refractivity contribution in [1.29, 1.82) is 0 Å². The van der Waals surface area contributed by atoms with E-state index in [1.54, 1.807) is 6.07 Å². The Labute approximate surface area is 128 Å². The van der Waals surface area contributed by atoms with Crippen molar-refractivity contribution in [2.45, 2.75) is 59.9 Å². The van der Waals surface area contributed by atoms with E-state index in [0.717, 1.165) is 31.6 Å². The molecule has 21 heavy (non-hydrogen) atoms. The van der Waals surface area contributed by atoms with E-state index in [-0.39, 0.29) is 11.4 Å². The van der Waals surface area contributed by atoms with Crippen LogP contribution in [-0.4, -0.2) is 34.5 Å².